The average Bonchev–Trinajstić information content (AvgIpc) is 2.37. The number of nitrogens with one attached hydrogen (secondary N) is 1. The minimum atomic E-state index is 0.416. The largest absolute Gasteiger partial charge is 0.313 e. The lowest BCUT2D eigenvalue weighted by atomic mass is 9.69. The minimum Gasteiger partial charge on any atom is -0.313 e. The fourth-order valence-electron chi connectivity index (χ4n) is 2.98. The van der Waals surface area contributed by atoms with Gasteiger partial charge in [0.2, 0.25) is 0 Å². The van der Waals surface area contributed by atoms with E-state index in [-0.39, 0.29) is 0 Å². The molecule has 0 aromatic heterocycles. The first-order chi connectivity index (χ1) is 8.69. The van der Waals surface area contributed by atoms with Crippen molar-refractivity contribution in [2.24, 2.45) is 22.7 Å². The zero-order valence-electron chi connectivity index (χ0n) is 14.5. The number of rotatable bonds is 6. The molecule has 1 N–H and O–H groups in total. The van der Waals surface area contributed by atoms with Gasteiger partial charge in [-0.1, -0.05) is 54.9 Å². The van der Waals surface area contributed by atoms with Crippen molar-refractivity contribution >= 4 is 0 Å². The second-order valence-electron chi connectivity index (χ2n) is 8.41. The molecule has 114 valence electrons. The minimum absolute atomic E-state index is 0.416. The Bertz CT molecular complexity index is 257. The van der Waals surface area contributed by atoms with E-state index in [2.05, 4.69) is 53.8 Å². The van der Waals surface area contributed by atoms with Crippen molar-refractivity contribution in [1.82, 2.24) is 5.32 Å². The molecule has 1 heteroatoms. The fourth-order valence-corrected chi connectivity index (χ4v) is 2.98. The summed E-state index contributed by atoms with van der Waals surface area (Å²) in [5, 5.41) is 3.83. The van der Waals surface area contributed by atoms with Crippen LogP contribution in [0, 0.1) is 22.7 Å². The summed E-state index contributed by atoms with van der Waals surface area (Å²) in [6.45, 7) is 17.9. The van der Waals surface area contributed by atoms with Gasteiger partial charge >= 0.3 is 0 Å². The van der Waals surface area contributed by atoms with Gasteiger partial charge in [0.15, 0.2) is 0 Å². The Balaban J connectivity index is 2.35. The van der Waals surface area contributed by atoms with Gasteiger partial charge in [-0.05, 0) is 48.3 Å². The SMILES string of the molecule is CCC(C)(C)C1CCC(NCC(C)(C)C(C)C)CC1. The van der Waals surface area contributed by atoms with Gasteiger partial charge in [0.25, 0.3) is 0 Å². The summed E-state index contributed by atoms with van der Waals surface area (Å²) in [6.07, 6.45) is 6.90. The van der Waals surface area contributed by atoms with Crippen molar-refractivity contribution in [3.8, 4) is 0 Å². The summed E-state index contributed by atoms with van der Waals surface area (Å²) in [4.78, 5) is 0. The van der Waals surface area contributed by atoms with E-state index in [0.717, 1.165) is 24.4 Å². The molecule has 0 heterocycles. The summed E-state index contributed by atoms with van der Waals surface area (Å²) in [5.41, 5.74) is 0.960. The van der Waals surface area contributed by atoms with E-state index in [1.165, 1.54) is 32.1 Å². The molecule has 0 bridgehead atoms. The van der Waals surface area contributed by atoms with Gasteiger partial charge in [-0.3, -0.25) is 0 Å². The molecule has 19 heavy (non-hydrogen) atoms. The predicted octanol–water partition coefficient (Wildman–Crippen LogP) is 5.25. The fraction of sp³-hybridized carbons (Fsp3) is 1.00. The summed E-state index contributed by atoms with van der Waals surface area (Å²) in [6, 6.07) is 0.766. The standard InChI is InChI=1S/C18H37N/c1-8-17(4,5)15-9-11-16(12-10-15)19-13-18(6,7)14(2)3/h14-16,19H,8-13H2,1-7H3. The Labute approximate surface area is 121 Å². The first-order valence-corrected chi connectivity index (χ1v) is 8.42. The zero-order chi connectivity index (χ0) is 14.7. The highest BCUT2D eigenvalue weighted by Gasteiger charge is 2.32. The number of hydrogen-bond donors (Lipinski definition) is 1. The maximum atomic E-state index is 3.83. The van der Waals surface area contributed by atoms with Crippen LogP contribution in [0.25, 0.3) is 0 Å². The van der Waals surface area contributed by atoms with Crippen molar-refractivity contribution in [2.75, 3.05) is 6.54 Å². The molecule has 1 nitrogen and oxygen atoms in total. The second kappa shape index (κ2) is 6.61. The molecular weight excluding hydrogens is 230 g/mol. The highest BCUT2D eigenvalue weighted by molar-refractivity contribution is 4.86. The van der Waals surface area contributed by atoms with E-state index in [4.69, 9.17) is 0 Å². The van der Waals surface area contributed by atoms with E-state index < -0.39 is 0 Å². The first-order valence-electron chi connectivity index (χ1n) is 8.42. The van der Waals surface area contributed by atoms with Crippen LogP contribution in [-0.4, -0.2) is 12.6 Å². The molecule has 1 saturated carbocycles. The van der Waals surface area contributed by atoms with Crippen LogP contribution in [0.2, 0.25) is 0 Å². The number of hydrogen-bond acceptors (Lipinski definition) is 1. The van der Waals surface area contributed by atoms with Crippen LogP contribution >= 0.6 is 0 Å². The zero-order valence-corrected chi connectivity index (χ0v) is 14.5. The second-order valence-corrected chi connectivity index (χ2v) is 8.41. The molecule has 0 aromatic rings. The van der Waals surface area contributed by atoms with Crippen LogP contribution < -0.4 is 5.32 Å². The van der Waals surface area contributed by atoms with Gasteiger partial charge in [0, 0.05) is 12.6 Å². The van der Waals surface area contributed by atoms with Crippen LogP contribution in [0.1, 0.15) is 80.6 Å². The van der Waals surface area contributed by atoms with Gasteiger partial charge in [0.05, 0.1) is 0 Å². The molecule has 1 rings (SSSR count). The van der Waals surface area contributed by atoms with E-state index in [9.17, 15) is 0 Å². The van der Waals surface area contributed by atoms with E-state index >= 15 is 0 Å². The molecule has 1 aliphatic carbocycles. The van der Waals surface area contributed by atoms with Gasteiger partial charge in [-0.15, -0.1) is 0 Å². The Morgan fingerprint density at radius 2 is 1.53 bits per heavy atom. The molecule has 0 radical (unpaired) electrons. The molecule has 0 saturated heterocycles. The summed E-state index contributed by atoms with van der Waals surface area (Å²) in [7, 11) is 0. The van der Waals surface area contributed by atoms with Gasteiger partial charge < -0.3 is 5.32 Å². The third-order valence-electron chi connectivity index (χ3n) is 6.15. The lowest BCUT2D eigenvalue weighted by molar-refractivity contribution is 0.130. The molecule has 1 aliphatic rings. The van der Waals surface area contributed by atoms with E-state index in [1.807, 2.05) is 0 Å². The molecular formula is C18H37N. The quantitative estimate of drug-likeness (QED) is 0.693. The third-order valence-corrected chi connectivity index (χ3v) is 6.15. The van der Waals surface area contributed by atoms with Crippen LogP contribution in [0.4, 0.5) is 0 Å². The van der Waals surface area contributed by atoms with Crippen molar-refractivity contribution in [1.29, 1.82) is 0 Å². The topological polar surface area (TPSA) is 12.0 Å². The van der Waals surface area contributed by atoms with Crippen molar-refractivity contribution in [3.63, 3.8) is 0 Å². The average molecular weight is 268 g/mol. The molecule has 0 atom stereocenters. The molecule has 0 spiro atoms. The van der Waals surface area contributed by atoms with Crippen molar-refractivity contribution in [3.05, 3.63) is 0 Å². The Morgan fingerprint density at radius 3 is 1.95 bits per heavy atom. The van der Waals surface area contributed by atoms with Crippen molar-refractivity contribution in [2.45, 2.75) is 86.6 Å². The monoisotopic (exact) mass is 267 g/mol. The summed E-state index contributed by atoms with van der Waals surface area (Å²) < 4.78 is 0. The maximum Gasteiger partial charge on any atom is 0.00675 e. The summed E-state index contributed by atoms with van der Waals surface area (Å²) in [5.74, 6) is 1.68. The van der Waals surface area contributed by atoms with Crippen molar-refractivity contribution < 1.29 is 0 Å². The van der Waals surface area contributed by atoms with E-state index in [1.54, 1.807) is 0 Å². The molecule has 0 amide bonds. The van der Waals surface area contributed by atoms with Gasteiger partial charge in [-0.25, -0.2) is 0 Å². The highest BCUT2D eigenvalue weighted by atomic mass is 14.9. The third kappa shape index (κ3) is 4.77. The normalized spacial score (nSPS) is 25.9. The van der Waals surface area contributed by atoms with Crippen LogP contribution in [0.15, 0.2) is 0 Å². The molecule has 1 fully saturated rings. The first kappa shape index (κ1) is 17.0. The van der Waals surface area contributed by atoms with Crippen LogP contribution in [0.5, 0.6) is 0 Å². The smallest absolute Gasteiger partial charge is 0.00675 e. The van der Waals surface area contributed by atoms with Crippen LogP contribution in [-0.2, 0) is 0 Å². The summed E-state index contributed by atoms with van der Waals surface area (Å²) >= 11 is 0. The highest BCUT2D eigenvalue weighted by Crippen LogP contribution is 2.40. The lowest BCUT2D eigenvalue weighted by Gasteiger charge is -2.40. The Morgan fingerprint density at radius 1 is 1.00 bits per heavy atom. The molecule has 0 unspecified atom stereocenters. The Kier molecular flexibility index (Phi) is 5.92. The Hall–Kier alpha value is -0.0400. The van der Waals surface area contributed by atoms with Crippen LogP contribution in [0.3, 0.4) is 0 Å². The lowest BCUT2D eigenvalue weighted by Crippen LogP contribution is -2.42. The van der Waals surface area contributed by atoms with Gasteiger partial charge in [0.1, 0.15) is 0 Å². The molecule has 0 aromatic carbocycles. The van der Waals surface area contributed by atoms with E-state index in [0.29, 0.717) is 10.8 Å². The predicted molar refractivity (Wildman–Crippen MR) is 86.4 cm³/mol. The molecule has 0 aliphatic heterocycles. The van der Waals surface area contributed by atoms with Gasteiger partial charge in [-0.2, -0.15) is 0 Å². The maximum absolute atomic E-state index is 3.83.